The standard InChI is InChI=1S/C14H18ClN3O2/c15-10-3-4-12(17-13(19)5-6-16)11(9-10)14(20)18-7-1-2-8-18/h3-4,9H,1-2,5-8,16H2,(H,17,19). The van der Waals surface area contributed by atoms with E-state index in [0.717, 1.165) is 25.9 Å². The van der Waals surface area contributed by atoms with Crippen LogP contribution in [-0.4, -0.2) is 36.3 Å². The highest BCUT2D eigenvalue weighted by atomic mass is 35.5. The summed E-state index contributed by atoms with van der Waals surface area (Å²) in [5, 5.41) is 3.19. The fraction of sp³-hybridized carbons (Fsp3) is 0.429. The maximum atomic E-state index is 12.5. The number of likely N-dealkylation sites (tertiary alicyclic amines) is 1. The first-order valence-corrected chi connectivity index (χ1v) is 7.08. The predicted molar refractivity (Wildman–Crippen MR) is 78.9 cm³/mol. The lowest BCUT2D eigenvalue weighted by Gasteiger charge is -2.18. The summed E-state index contributed by atoms with van der Waals surface area (Å²) >= 11 is 5.96. The number of hydrogen-bond acceptors (Lipinski definition) is 3. The summed E-state index contributed by atoms with van der Waals surface area (Å²) in [7, 11) is 0. The van der Waals surface area contributed by atoms with Crippen LogP contribution >= 0.6 is 11.6 Å². The zero-order valence-corrected chi connectivity index (χ0v) is 11.9. The molecule has 0 atom stereocenters. The summed E-state index contributed by atoms with van der Waals surface area (Å²) in [6.45, 7) is 1.78. The highest BCUT2D eigenvalue weighted by molar-refractivity contribution is 6.31. The molecule has 0 unspecified atom stereocenters. The minimum absolute atomic E-state index is 0.0898. The van der Waals surface area contributed by atoms with Crippen molar-refractivity contribution in [3.8, 4) is 0 Å². The van der Waals surface area contributed by atoms with Crippen LogP contribution in [0.4, 0.5) is 5.69 Å². The molecule has 1 aliphatic heterocycles. The van der Waals surface area contributed by atoms with Gasteiger partial charge in [-0.15, -0.1) is 0 Å². The molecule has 0 radical (unpaired) electrons. The van der Waals surface area contributed by atoms with E-state index >= 15 is 0 Å². The number of hydrogen-bond donors (Lipinski definition) is 2. The zero-order chi connectivity index (χ0) is 14.5. The molecule has 1 aromatic rings. The number of nitrogens with zero attached hydrogens (tertiary/aromatic N) is 1. The number of benzene rings is 1. The lowest BCUT2D eigenvalue weighted by atomic mass is 10.1. The summed E-state index contributed by atoms with van der Waals surface area (Å²) < 4.78 is 0. The van der Waals surface area contributed by atoms with E-state index in [-0.39, 0.29) is 24.8 Å². The molecule has 6 heteroatoms. The van der Waals surface area contributed by atoms with Crippen LogP contribution in [0.1, 0.15) is 29.6 Å². The minimum atomic E-state index is -0.203. The molecule has 0 saturated carbocycles. The number of rotatable bonds is 4. The van der Waals surface area contributed by atoms with Gasteiger partial charge in [0.1, 0.15) is 0 Å². The Morgan fingerprint density at radius 1 is 1.30 bits per heavy atom. The molecule has 0 aromatic heterocycles. The van der Waals surface area contributed by atoms with E-state index in [9.17, 15) is 9.59 Å². The van der Waals surface area contributed by atoms with Gasteiger partial charge < -0.3 is 16.0 Å². The molecule has 5 nitrogen and oxygen atoms in total. The Kier molecular flexibility index (Phi) is 4.98. The maximum absolute atomic E-state index is 12.5. The number of halogens is 1. The Hall–Kier alpha value is -1.59. The number of carbonyl (C=O) groups is 2. The van der Waals surface area contributed by atoms with Gasteiger partial charge >= 0.3 is 0 Å². The minimum Gasteiger partial charge on any atom is -0.339 e. The third kappa shape index (κ3) is 3.49. The molecule has 1 aliphatic rings. The van der Waals surface area contributed by atoms with Gasteiger partial charge in [0.05, 0.1) is 11.3 Å². The van der Waals surface area contributed by atoms with E-state index in [0.29, 0.717) is 16.3 Å². The molecule has 1 heterocycles. The van der Waals surface area contributed by atoms with Gasteiger partial charge in [0.15, 0.2) is 0 Å². The van der Waals surface area contributed by atoms with E-state index in [1.54, 1.807) is 23.1 Å². The molecule has 0 bridgehead atoms. The molecule has 1 fully saturated rings. The molecule has 0 spiro atoms. The summed E-state index contributed by atoms with van der Waals surface area (Å²) in [5.41, 5.74) is 6.27. The van der Waals surface area contributed by atoms with Crippen molar-refractivity contribution in [2.24, 2.45) is 5.73 Å². The van der Waals surface area contributed by atoms with E-state index in [1.807, 2.05) is 0 Å². The quantitative estimate of drug-likeness (QED) is 0.890. The summed E-state index contributed by atoms with van der Waals surface area (Å²) in [6.07, 6.45) is 2.25. The zero-order valence-electron chi connectivity index (χ0n) is 11.2. The van der Waals surface area contributed by atoms with Crippen molar-refractivity contribution in [1.29, 1.82) is 0 Å². The van der Waals surface area contributed by atoms with Crippen LogP contribution in [0, 0.1) is 0 Å². The third-order valence-electron chi connectivity index (χ3n) is 3.25. The fourth-order valence-electron chi connectivity index (χ4n) is 2.24. The van der Waals surface area contributed by atoms with E-state index in [1.165, 1.54) is 0 Å². The van der Waals surface area contributed by atoms with Crippen molar-refractivity contribution in [2.45, 2.75) is 19.3 Å². The van der Waals surface area contributed by atoms with Gasteiger partial charge in [0.2, 0.25) is 5.91 Å². The average Bonchev–Trinajstić information content (AvgIpc) is 2.94. The molecule has 1 aromatic carbocycles. The topological polar surface area (TPSA) is 75.4 Å². The molecule has 2 rings (SSSR count). The molecule has 0 aliphatic carbocycles. The number of nitrogens with two attached hydrogens (primary N) is 1. The van der Waals surface area contributed by atoms with Gasteiger partial charge in [-0.2, -0.15) is 0 Å². The van der Waals surface area contributed by atoms with Crippen molar-refractivity contribution in [1.82, 2.24) is 4.90 Å². The Morgan fingerprint density at radius 2 is 2.00 bits per heavy atom. The number of carbonyl (C=O) groups excluding carboxylic acids is 2. The van der Waals surface area contributed by atoms with Gasteiger partial charge in [-0.05, 0) is 31.0 Å². The van der Waals surface area contributed by atoms with E-state index in [4.69, 9.17) is 17.3 Å². The number of nitrogens with one attached hydrogen (secondary N) is 1. The maximum Gasteiger partial charge on any atom is 0.256 e. The van der Waals surface area contributed by atoms with Crippen molar-refractivity contribution in [2.75, 3.05) is 25.0 Å². The van der Waals surface area contributed by atoms with Crippen LogP contribution in [-0.2, 0) is 4.79 Å². The Labute approximate surface area is 123 Å². The van der Waals surface area contributed by atoms with Crippen LogP contribution in [0.25, 0.3) is 0 Å². The van der Waals surface area contributed by atoms with Crippen molar-refractivity contribution >= 4 is 29.1 Å². The lowest BCUT2D eigenvalue weighted by molar-refractivity contribution is -0.116. The molecular weight excluding hydrogens is 278 g/mol. The fourth-order valence-corrected chi connectivity index (χ4v) is 2.41. The molecule has 20 heavy (non-hydrogen) atoms. The highest BCUT2D eigenvalue weighted by Crippen LogP contribution is 2.24. The Morgan fingerprint density at radius 3 is 2.65 bits per heavy atom. The number of anilines is 1. The van der Waals surface area contributed by atoms with Crippen LogP contribution in [0.15, 0.2) is 18.2 Å². The van der Waals surface area contributed by atoms with Crippen LogP contribution in [0.3, 0.4) is 0 Å². The summed E-state index contributed by atoms with van der Waals surface area (Å²) in [4.78, 5) is 25.9. The first-order valence-electron chi connectivity index (χ1n) is 6.70. The third-order valence-corrected chi connectivity index (χ3v) is 3.49. The largest absolute Gasteiger partial charge is 0.339 e. The van der Waals surface area contributed by atoms with Crippen LogP contribution < -0.4 is 11.1 Å². The van der Waals surface area contributed by atoms with Crippen molar-refractivity contribution in [3.05, 3.63) is 28.8 Å². The molecule has 3 N–H and O–H groups in total. The second-order valence-electron chi connectivity index (χ2n) is 4.78. The SMILES string of the molecule is NCCC(=O)Nc1ccc(Cl)cc1C(=O)N1CCCC1. The average molecular weight is 296 g/mol. The number of amides is 2. The second kappa shape index (κ2) is 6.72. The molecule has 1 saturated heterocycles. The van der Waals surface area contributed by atoms with E-state index < -0.39 is 0 Å². The Balaban J connectivity index is 2.23. The van der Waals surface area contributed by atoms with Crippen LogP contribution in [0.2, 0.25) is 5.02 Å². The first kappa shape index (κ1) is 14.8. The van der Waals surface area contributed by atoms with Gasteiger partial charge in [0.25, 0.3) is 5.91 Å². The van der Waals surface area contributed by atoms with Gasteiger partial charge in [0, 0.05) is 31.1 Å². The predicted octanol–water partition coefficient (Wildman–Crippen LogP) is 1.86. The normalized spacial score (nSPS) is 14.4. The van der Waals surface area contributed by atoms with Gasteiger partial charge in [-0.25, -0.2) is 0 Å². The smallest absolute Gasteiger partial charge is 0.256 e. The molecular formula is C14H18ClN3O2. The lowest BCUT2D eigenvalue weighted by Crippen LogP contribution is -2.29. The van der Waals surface area contributed by atoms with E-state index in [2.05, 4.69) is 5.32 Å². The van der Waals surface area contributed by atoms with Gasteiger partial charge in [-0.1, -0.05) is 11.6 Å². The van der Waals surface area contributed by atoms with Crippen molar-refractivity contribution in [3.63, 3.8) is 0 Å². The highest BCUT2D eigenvalue weighted by Gasteiger charge is 2.22. The second-order valence-corrected chi connectivity index (χ2v) is 5.21. The Bertz CT molecular complexity index is 513. The van der Waals surface area contributed by atoms with Gasteiger partial charge in [-0.3, -0.25) is 9.59 Å². The van der Waals surface area contributed by atoms with Crippen molar-refractivity contribution < 1.29 is 9.59 Å². The van der Waals surface area contributed by atoms with Crippen LogP contribution in [0.5, 0.6) is 0 Å². The monoisotopic (exact) mass is 295 g/mol. The molecule has 108 valence electrons. The molecule has 2 amide bonds. The summed E-state index contributed by atoms with van der Waals surface area (Å²) in [5.74, 6) is -0.293. The summed E-state index contributed by atoms with van der Waals surface area (Å²) in [6, 6.07) is 4.90. The first-order chi connectivity index (χ1) is 9.61.